The molecule has 12 aromatic rings. The molecule has 0 spiro atoms. The van der Waals surface area contributed by atoms with Crippen molar-refractivity contribution in [2.24, 2.45) is 0 Å². The lowest BCUT2D eigenvalue weighted by atomic mass is 9.74. The summed E-state index contributed by atoms with van der Waals surface area (Å²) in [6.45, 7) is 7.66. The van der Waals surface area contributed by atoms with Gasteiger partial charge in [0.25, 0.3) is 47.0 Å². The molecule has 0 saturated heterocycles. The van der Waals surface area contributed by atoms with Gasteiger partial charge < -0.3 is 56.8 Å². The minimum atomic E-state index is -0.780. The van der Waals surface area contributed by atoms with Gasteiger partial charge in [-0.2, -0.15) is 0 Å². The summed E-state index contributed by atoms with van der Waals surface area (Å²) in [5.74, 6) is -2.24. The topological polar surface area (TPSA) is 282 Å². The zero-order chi connectivity index (χ0) is 74.2. The van der Waals surface area contributed by atoms with Crippen LogP contribution in [-0.4, -0.2) is 92.2 Å². The third kappa shape index (κ3) is 12.2. The molecule has 0 radical (unpaired) electrons. The summed E-state index contributed by atoms with van der Waals surface area (Å²) in [6.07, 6.45) is 2.26. The van der Waals surface area contributed by atoms with Gasteiger partial charge in [0.2, 0.25) is 0 Å². The summed E-state index contributed by atoms with van der Waals surface area (Å²) in [5.41, 5.74) is 10.9. The normalized spacial score (nSPS) is 15.9. The van der Waals surface area contributed by atoms with E-state index < -0.39 is 47.5 Å². The molecular formula is C84H72N8O16. The van der Waals surface area contributed by atoms with Crippen LogP contribution in [0.1, 0.15) is 167 Å². The summed E-state index contributed by atoms with van der Waals surface area (Å²) >= 11 is 0. The first-order valence-electron chi connectivity index (χ1n) is 36.1. The van der Waals surface area contributed by atoms with Crippen molar-refractivity contribution in [3.05, 3.63) is 188 Å². The van der Waals surface area contributed by atoms with E-state index in [1.54, 1.807) is 0 Å². The highest BCUT2D eigenvalue weighted by atomic mass is 16.6. The first-order chi connectivity index (χ1) is 52.6. The molecule has 1 aliphatic carbocycles. The van der Waals surface area contributed by atoms with Gasteiger partial charge in [0.1, 0.15) is 46.0 Å². The van der Waals surface area contributed by atoms with E-state index in [9.17, 15) is 19.2 Å². The molecular weight excluding hydrogens is 1380 g/mol. The van der Waals surface area contributed by atoms with Gasteiger partial charge in [0.05, 0.1) is 72.6 Å². The highest BCUT2D eigenvalue weighted by molar-refractivity contribution is 5.82. The quantitative estimate of drug-likeness (QED) is 0.0641. The highest BCUT2D eigenvalue weighted by Crippen LogP contribution is 2.62. The SMILES string of the molecule is COC(=O)CCCC1c2cc3c4c(C)c2Oc2nc5ccccc5nc2Oc2c1cc1c(c2C)Oc2nc5ccccc5nc2Oc2c(cc5c(c2C)Oc2nc6ccccc6nc2Oc2c(cc(c(c2C)Oc2nc6ccccc6nc2O4)C3CCCC(=O)OC)C5CCCC(=O)OC)C1CCCC(=O)OC. The average Bonchev–Trinajstić information content (AvgIpc) is 1.47. The van der Waals surface area contributed by atoms with Gasteiger partial charge in [0.15, 0.2) is 0 Å². The third-order valence-electron chi connectivity index (χ3n) is 21.1. The van der Waals surface area contributed by atoms with Crippen LogP contribution in [0.2, 0.25) is 0 Å². The lowest BCUT2D eigenvalue weighted by molar-refractivity contribution is -0.141. The lowest BCUT2D eigenvalue weighted by Crippen LogP contribution is -2.16. The summed E-state index contributed by atoms with van der Waals surface area (Å²) in [7, 11) is 5.47. The third-order valence-corrected chi connectivity index (χ3v) is 21.1. The average molecular weight is 1450 g/mol. The molecule has 0 fully saturated rings. The van der Waals surface area contributed by atoms with Gasteiger partial charge in [-0.3, -0.25) is 19.2 Å². The Morgan fingerprint density at radius 3 is 0.556 bits per heavy atom. The van der Waals surface area contributed by atoms with Gasteiger partial charge >= 0.3 is 23.9 Å². The van der Waals surface area contributed by atoms with Crippen molar-refractivity contribution in [1.29, 1.82) is 0 Å². The van der Waals surface area contributed by atoms with E-state index in [1.165, 1.54) is 28.4 Å². The number of esters is 4. The molecule has 17 rings (SSSR count). The molecule has 8 bridgehead atoms. The van der Waals surface area contributed by atoms with E-state index in [2.05, 4.69) is 24.3 Å². The first-order valence-corrected chi connectivity index (χ1v) is 36.1. The van der Waals surface area contributed by atoms with Crippen molar-refractivity contribution in [2.75, 3.05) is 28.4 Å². The molecule has 24 nitrogen and oxygen atoms in total. The van der Waals surface area contributed by atoms with Gasteiger partial charge in [-0.25, -0.2) is 39.9 Å². The number of ether oxygens (including phenoxy) is 12. The fourth-order valence-corrected chi connectivity index (χ4v) is 15.8. The molecule has 544 valence electrons. The van der Waals surface area contributed by atoms with Crippen LogP contribution in [0.15, 0.2) is 121 Å². The second-order valence-corrected chi connectivity index (χ2v) is 27.5. The number of benzene rings is 8. The summed E-state index contributed by atoms with van der Waals surface area (Å²) in [6, 6.07) is 38.0. The minimum absolute atomic E-state index is 0.00457. The van der Waals surface area contributed by atoms with Crippen LogP contribution in [-0.2, 0) is 38.1 Å². The Hall–Kier alpha value is -12.6. The summed E-state index contributed by atoms with van der Waals surface area (Å²) in [4.78, 5) is 96.4. The number of methoxy groups -OCH3 is 4. The van der Waals surface area contributed by atoms with E-state index in [4.69, 9.17) is 96.7 Å². The smallest absolute Gasteiger partial charge is 0.305 e. The highest BCUT2D eigenvalue weighted by Gasteiger charge is 2.43. The van der Waals surface area contributed by atoms with Crippen molar-refractivity contribution in [1.82, 2.24) is 39.9 Å². The number of rotatable bonds is 16. The molecule has 4 aromatic heterocycles. The Bertz CT molecular complexity index is 4790. The van der Waals surface area contributed by atoms with Crippen molar-refractivity contribution >= 4 is 68.0 Å². The number of carbonyl (C=O) groups is 4. The molecule has 0 amide bonds. The van der Waals surface area contributed by atoms with Gasteiger partial charge in [0, 0.05) is 116 Å². The van der Waals surface area contributed by atoms with Crippen LogP contribution in [0.25, 0.3) is 44.1 Å². The van der Waals surface area contributed by atoms with Crippen molar-refractivity contribution in [3.8, 4) is 93.0 Å². The van der Waals surface area contributed by atoms with E-state index >= 15 is 0 Å². The van der Waals surface area contributed by atoms with Crippen molar-refractivity contribution < 1.29 is 76.0 Å². The molecule has 24 heteroatoms. The van der Waals surface area contributed by atoms with Gasteiger partial charge in [-0.05, 0) is 152 Å². The van der Waals surface area contributed by atoms with E-state index in [0.717, 1.165) is 0 Å². The molecule has 0 N–H and O–H groups in total. The standard InChI is InChI=1S/C84H72N8O16/c1-41-69-49-37-50-46(22-18-34-66(94)98-6)52-39-54-48(24-20-36-68(96)100-8)56-40-55-47(23-19-35-67(95)99-7)53-38-51(45(49)21-17-33-65(93)97-5)71(103-79-77(101-69)85-57-25-9-11-27-59(57)87-79)42(2)73(53)105-81-83(91-63-31-15-13-29-61(63)89-81)107-75(55)44(4)76(56)108-84-82(90-62-30-14-16-32-64(62)92-84)106-74(54)43(3)72(52)104-80-78(102-70(41)50)86-58-26-10-12-28-60(58)88-80/h9-16,25-32,37-40,45-48H,17-24,33-36H2,1-8H3. The maximum atomic E-state index is 13.7. The summed E-state index contributed by atoms with van der Waals surface area (Å²) in [5, 5.41) is 0. The minimum Gasteiger partial charge on any atom is -0.469 e. The number of fused-ring (bicyclic) bond motifs is 8. The number of hydrogen-bond acceptors (Lipinski definition) is 24. The van der Waals surface area contributed by atoms with Gasteiger partial charge in [-0.1, -0.05) is 48.5 Å². The predicted octanol–water partition coefficient (Wildman–Crippen LogP) is 18.5. The molecule has 0 atom stereocenters. The van der Waals surface area contributed by atoms with Crippen molar-refractivity contribution in [3.63, 3.8) is 0 Å². The second-order valence-electron chi connectivity index (χ2n) is 27.5. The summed E-state index contributed by atoms with van der Waals surface area (Å²) < 4.78 is 81.5. The molecule has 0 unspecified atom stereocenters. The van der Waals surface area contributed by atoms with Crippen LogP contribution in [0, 0.1) is 27.7 Å². The Morgan fingerprint density at radius 2 is 0.417 bits per heavy atom. The second kappa shape index (κ2) is 28.0. The maximum absolute atomic E-state index is 13.7. The van der Waals surface area contributed by atoms with Crippen molar-refractivity contribution in [2.45, 2.75) is 128 Å². The van der Waals surface area contributed by atoms with Crippen LogP contribution < -0.4 is 37.9 Å². The number of para-hydroxylation sites is 8. The molecule has 8 heterocycles. The molecule has 4 aliphatic heterocycles. The number of aromatic nitrogens is 8. The monoisotopic (exact) mass is 1450 g/mol. The van der Waals surface area contributed by atoms with Crippen LogP contribution in [0.4, 0.5) is 0 Å². The zero-order valence-electron chi connectivity index (χ0n) is 60.5. The Labute approximate surface area is 619 Å². The number of hydrogen-bond donors (Lipinski definition) is 0. The zero-order valence-corrected chi connectivity index (χ0v) is 60.5. The Morgan fingerprint density at radius 1 is 0.269 bits per heavy atom. The van der Waals surface area contributed by atoms with E-state index in [1.807, 2.05) is 125 Å². The predicted molar refractivity (Wildman–Crippen MR) is 394 cm³/mol. The van der Waals surface area contributed by atoms with Crippen LogP contribution >= 0.6 is 0 Å². The number of carbonyl (C=O) groups excluding carboxylic acids is 4. The number of nitrogens with zero attached hydrogens (tertiary/aromatic N) is 8. The fraction of sp³-hybridized carbons (Fsp3) is 0.286. The van der Waals surface area contributed by atoms with Crippen LogP contribution in [0.3, 0.4) is 0 Å². The first kappa shape index (κ1) is 68.5. The maximum Gasteiger partial charge on any atom is 0.305 e. The van der Waals surface area contributed by atoms with Gasteiger partial charge in [-0.15, -0.1) is 0 Å². The van der Waals surface area contributed by atoms with E-state index in [-0.39, 0.29) is 124 Å². The molecule has 108 heavy (non-hydrogen) atoms. The lowest BCUT2D eigenvalue weighted by Gasteiger charge is -2.32. The molecule has 5 aliphatic rings. The Kier molecular flexibility index (Phi) is 17.8. The molecule has 0 saturated carbocycles. The fourth-order valence-electron chi connectivity index (χ4n) is 15.8. The molecule has 8 aromatic carbocycles. The van der Waals surface area contributed by atoms with E-state index in [0.29, 0.717) is 157 Å². The van der Waals surface area contributed by atoms with Crippen LogP contribution in [0.5, 0.6) is 93.0 Å². The largest absolute Gasteiger partial charge is 0.469 e. The Balaban J connectivity index is 1.09.